The van der Waals surface area contributed by atoms with Crippen LogP contribution in [-0.4, -0.2) is 50.0 Å². The van der Waals surface area contributed by atoms with Crippen molar-refractivity contribution in [3.63, 3.8) is 0 Å². The maximum atomic E-state index is 12.6. The Morgan fingerprint density at radius 3 is 2.19 bits per heavy atom. The maximum Gasteiger partial charge on any atom is 0.407 e. The zero-order valence-corrected chi connectivity index (χ0v) is 16.8. The lowest BCUT2D eigenvalue weighted by Crippen LogP contribution is -2.44. The fourth-order valence-electron chi connectivity index (χ4n) is 2.13. The van der Waals surface area contributed by atoms with Gasteiger partial charge >= 0.3 is 6.09 Å². The van der Waals surface area contributed by atoms with Gasteiger partial charge in [0.1, 0.15) is 5.60 Å². The number of amides is 2. The number of likely N-dealkylation sites (N-methyl/N-ethyl adjacent to an activating group) is 1. The lowest BCUT2D eigenvalue weighted by Gasteiger charge is -2.24. The third kappa shape index (κ3) is 7.01. The van der Waals surface area contributed by atoms with E-state index in [2.05, 4.69) is 10.6 Å². The molecule has 2 amide bonds. The summed E-state index contributed by atoms with van der Waals surface area (Å²) in [5, 5.41) is 5.18. The first-order valence-electron chi connectivity index (χ1n) is 8.15. The summed E-state index contributed by atoms with van der Waals surface area (Å²) in [6.07, 6.45) is -0.601. The molecule has 1 rings (SSSR count). The molecule has 0 spiro atoms. The average molecular weight is 385 g/mol. The standard InChI is InChI=1S/C17H27N3O5S/c1-12(18-16(22)25-17(3,4)5)11-20(6)26(23,24)15-9-7-14(8-10-15)19-13(2)21/h7-10,12H,11H2,1-6H3,(H,18,22)(H,19,21)/t12-/m1/s1. The molecular formula is C17H27N3O5S. The van der Waals surface area contributed by atoms with Crippen LogP contribution in [0, 0.1) is 0 Å². The molecule has 1 aromatic carbocycles. The number of alkyl carbamates (subject to hydrolysis) is 1. The zero-order chi connectivity index (χ0) is 20.1. The van der Waals surface area contributed by atoms with Crippen molar-refractivity contribution in [3.8, 4) is 0 Å². The van der Waals surface area contributed by atoms with Crippen molar-refractivity contribution in [3.05, 3.63) is 24.3 Å². The van der Waals surface area contributed by atoms with E-state index in [1.54, 1.807) is 27.7 Å². The molecule has 1 aromatic rings. The van der Waals surface area contributed by atoms with Gasteiger partial charge in [0.05, 0.1) is 4.90 Å². The first-order valence-corrected chi connectivity index (χ1v) is 9.59. The molecule has 0 saturated heterocycles. The monoisotopic (exact) mass is 385 g/mol. The highest BCUT2D eigenvalue weighted by Gasteiger charge is 2.24. The summed E-state index contributed by atoms with van der Waals surface area (Å²) in [5.74, 6) is -0.236. The SMILES string of the molecule is CC(=O)Nc1ccc(S(=O)(=O)N(C)C[C@@H](C)NC(=O)OC(C)(C)C)cc1. The van der Waals surface area contributed by atoms with Gasteiger partial charge in [0.2, 0.25) is 15.9 Å². The molecule has 0 aliphatic heterocycles. The van der Waals surface area contributed by atoms with Crippen LogP contribution >= 0.6 is 0 Å². The van der Waals surface area contributed by atoms with Crippen LogP contribution in [0.1, 0.15) is 34.6 Å². The lowest BCUT2D eigenvalue weighted by atomic mass is 10.2. The second-order valence-corrected chi connectivity index (χ2v) is 9.08. The highest BCUT2D eigenvalue weighted by Crippen LogP contribution is 2.18. The van der Waals surface area contributed by atoms with Gasteiger partial charge in [0.25, 0.3) is 0 Å². The summed E-state index contributed by atoms with van der Waals surface area (Å²) < 4.78 is 31.5. The number of nitrogens with zero attached hydrogens (tertiary/aromatic N) is 1. The number of nitrogens with one attached hydrogen (secondary N) is 2. The molecule has 0 fully saturated rings. The summed E-state index contributed by atoms with van der Waals surface area (Å²) in [6, 6.07) is 5.43. The first kappa shape index (κ1) is 21.9. The summed E-state index contributed by atoms with van der Waals surface area (Å²) in [6.45, 7) is 8.39. The van der Waals surface area contributed by atoms with E-state index < -0.39 is 27.8 Å². The Balaban J connectivity index is 2.73. The van der Waals surface area contributed by atoms with Crippen LogP contribution < -0.4 is 10.6 Å². The van der Waals surface area contributed by atoms with Crippen LogP contribution in [0.3, 0.4) is 0 Å². The van der Waals surface area contributed by atoms with E-state index >= 15 is 0 Å². The van der Waals surface area contributed by atoms with E-state index in [0.29, 0.717) is 5.69 Å². The predicted octanol–water partition coefficient (Wildman–Crippen LogP) is 2.18. The normalized spacial score (nSPS) is 13.2. The molecule has 8 nitrogen and oxygen atoms in total. The first-order chi connectivity index (χ1) is 11.8. The quantitative estimate of drug-likeness (QED) is 0.781. The molecule has 0 bridgehead atoms. The van der Waals surface area contributed by atoms with Gasteiger partial charge in [-0.1, -0.05) is 0 Å². The molecule has 0 aromatic heterocycles. The van der Waals surface area contributed by atoms with Gasteiger partial charge < -0.3 is 15.4 Å². The Bertz CT molecular complexity index is 739. The number of ether oxygens (including phenoxy) is 1. The number of hydrogen-bond donors (Lipinski definition) is 2. The number of benzene rings is 1. The highest BCUT2D eigenvalue weighted by molar-refractivity contribution is 7.89. The van der Waals surface area contributed by atoms with Crippen molar-refractivity contribution in [1.29, 1.82) is 0 Å². The van der Waals surface area contributed by atoms with Crippen molar-refractivity contribution in [2.24, 2.45) is 0 Å². The number of carbonyl (C=O) groups excluding carboxylic acids is 2. The van der Waals surface area contributed by atoms with Crippen molar-refractivity contribution in [2.75, 3.05) is 18.9 Å². The van der Waals surface area contributed by atoms with Crippen molar-refractivity contribution in [2.45, 2.75) is 51.2 Å². The van der Waals surface area contributed by atoms with Crippen LogP contribution in [-0.2, 0) is 19.6 Å². The van der Waals surface area contributed by atoms with E-state index in [1.807, 2.05) is 0 Å². The number of anilines is 1. The minimum Gasteiger partial charge on any atom is -0.444 e. The minimum atomic E-state index is -3.72. The molecule has 2 N–H and O–H groups in total. The van der Waals surface area contributed by atoms with Gasteiger partial charge in [0.15, 0.2) is 0 Å². The van der Waals surface area contributed by atoms with Gasteiger partial charge in [-0.15, -0.1) is 0 Å². The average Bonchev–Trinajstić information content (AvgIpc) is 2.44. The molecule has 9 heteroatoms. The molecule has 26 heavy (non-hydrogen) atoms. The third-order valence-electron chi connectivity index (χ3n) is 3.18. The van der Waals surface area contributed by atoms with Crippen molar-refractivity contribution >= 4 is 27.7 Å². The molecule has 1 atom stereocenters. The number of rotatable bonds is 6. The fourth-order valence-corrected chi connectivity index (χ4v) is 3.39. The van der Waals surface area contributed by atoms with E-state index in [9.17, 15) is 18.0 Å². The van der Waals surface area contributed by atoms with Crippen molar-refractivity contribution in [1.82, 2.24) is 9.62 Å². The molecule has 0 saturated carbocycles. The van der Waals surface area contributed by atoms with E-state index in [1.165, 1.54) is 38.2 Å². The second kappa shape index (κ2) is 8.50. The Hall–Kier alpha value is -2.13. The van der Waals surface area contributed by atoms with Crippen molar-refractivity contribution < 1.29 is 22.7 Å². The Kier molecular flexibility index (Phi) is 7.16. The van der Waals surface area contributed by atoms with E-state index in [0.717, 1.165) is 4.31 Å². The van der Waals surface area contributed by atoms with Gasteiger partial charge in [0, 0.05) is 32.2 Å². The number of carbonyl (C=O) groups is 2. The van der Waals surface area contributed by atoms with Gasteiger partial charge in [-0.3, -0.25) is 4.79 Å². The van der Waals surface area contributed by atoms with Gasteiger partial charge in [-0.25, -0.2) is 13.2 Å². The van der Waals surface area contributed by atoms with E-state index in [4.69, 9.17) is 4.74 Å². The summed E-state index contributed by atoms with van der Waals surface area (Å²) in [7, 11) is -2.29. The summed E-state index contributed by atoms with van der Waals surface area (Å²) in [5.41, 5.74) is -0.115. The fraction of sp³-hybridized carbons (Fsp3) is 0.529. The van der Waals surface area contributed by atoms with Crippen LogP contribution in [0.15, 0.2) is 29.2 Å². The molecule has 0 heterocycles. The highest BCUT2D eigenvalue weighted by atomic mass is 32.2. The summed E-state index contributed by atoms with van der Waals surface area (Å²) >= 11 is 0. The Morgan fingerprint density at radius 2 is 1.73 bits per heavy atom. The van der Waals surface area contributed by atoms with Crippen LogP contribution in [0.4, 0.5) is 10.5 Å². The zero-order valence-electron chi connectivity index (χ0n) is 16.0. The smallest absolute Gasteiger partial charge is 0.407 e. The van der Waals surface area contributed by atoms with Crippen LogP contribution in [0.5, 0.6) is 0 Å². The predicted molar refractivity (Wildman–Crippen MR) is 99.4 cm³/mol. The Morgan fingerprint density at radius 1 is 1.19 bits per heavy atom. The Labute approximate surface area is 155 Å². The lowest BCUT2D eigenvalue weighted by molar-refractivity contribution is -0.114. The molecule has 146 valence electrons. The van der Waals surface area contributed by atoms with Gasteiger partial charge in [-0.2, -0.15) is 4.31 Å². The molecule has 0 aliphatic rings. The topological polar surface area (TPSA) is 105 Å². The maximum absolute atomic E-state index is 12.6. The van der Waals surface area contributed by atoms with Crippen LogP contribution in [0.2, 0.25) is 0 Å². The largest absolute Gasteiger partial charge is 0.444 e. The molecule has 0 aliphatic carbocycles. The third-order valence-corrected chi connectivity index (χ3v) is 5.01. The molecule has 0 radical (unpaired) electrons. The second-order valence-electron chi connectivity index (χ2n) is 7.04. The van der Waals surface area contributed by atoms with Gasteiger partial charge in [-0.05, 0) is 52.0 Å². The summed E-state index contributed by atoms with van der Waals surface area (Å²) in [4.78, 5) is 22.9. The number of sulfonamides is 1. The molecular weight excluding hydrogens is 358 g/mol. The number of hydrogen-bond acceptors (Lipinski definition) is 5. The molecule has 0 unspecified atom stereocenters. The van der Waals surface area contributed by atoms with E-state index in [-0.39, 0.29) is 17.3 Å². The van der Waals surface area contributed by atoms with Crippen LogP contribution in [0.25, 0.3) is 0 Å². The minimum absolute atomic E-state index is 0.0784.